The van der Waals surface area contributed by atoms with Crippen molar-refractivity contribution >= 4 is 34.0 Å². The van der Waals surface area contributed by atoms with E-state index in [2.05, 4.69) is 4.98 Å². The summed E-state index contributed by atoms with van der Waals surface area (Å²) in [4.78, 5) is 30.0. The number of fused-ring (bicyclic) bond motifs is 1. The Morgan fingerprint density at radius 2 is 1.70 bits per heavy atom. The zero-order valence-electron chi connectivity index (χ0n) is 14.7. The van der Waals surface area contributed by atoms with Crippen molar-refractivity contribution in [1.29, 1.82) is 0 Å². The summed E-state index contributed by atoms with van der Waals surface area (Å²) in [6.45, 7) is 1.63. The highest BCUT2D eigenvalue weighted by molar-refractivity contribution is 7.13. The van der Waals surface area contributed by atoms with Crippen LogP contribution in [-0.4, -0.2) is 23.3 Å². The van der Waals surface area contributed by atoms with Gasteiger partial charge in [0.25, 0.3) is 0 Å². The number of H-pyrrole nitrogens is 1. The molecule has 0 saturated carbocycles. The minimum absolute atomic E-state index is 0.229. The number of thiophene rings is 1. The van der Waals surface area contributed by atoms with Crippen molar-refractivity contribution in [2.24, 2.45) is 0 Å². The highest BCUT2D eigenvalue weighted by Gasteiger charge is 2.21. The molecule has 0 fully saturated rings. The zero-order valence-corrected chi connectivity index (χ0v) is 15.5. The molecule has 2 heterocycles. The Kier molecular flexibility index (Phi) is 4.60. The Balaban J connectivity index is 1.65. The number of rotatable bonds is 5. The number of para-hydroxylation sites is 1. The number of benzene rings is 2. The van der Waals surface area contributed by atoms with E-state index in [4.69, 9.17) is 4.74 Å². The van der Waals surface area contributed by atoms with Gasteiger partial charge >= 0.3 is 5.97 Å². The first-order valence-corrected chi connectivity index (χ1v) is 9.38. The topological polar surface area (TPSA) is 59.2 Å². The minimum atomic E-state index is -0.470. The van der Waals surface area contributed by atoms with Crippen molar-refractivity contribution in [3.8, 4) is 11.3 Å². The van der Waals surface area contributed by atoms with Crippen LogP contribution in [-0.2, 0) is 4.74 Å². The van der Waals surface area contributed by atoms with Gasteiger partial charge in [0.05, 0.1) is 11.3 Å². The molecule has 0 aliphatic heterocycles. The number of esters is 1. The zero-order chi connectivity index (χ0) is 18.8. The van der Waals surface area contributed by atoms with Crippen molar-refractivity contribution in [3.05, 3.63) is 82.0 Å². The molecule has 27 heavy (non-hydrogen) atoms. The van der Waals surface area contributed by atoms with Crippen LogP contribution in [0.5, 0.6) is 0 Å². The fourth-order valence-corrected chi connectivity index (χ4v) is 3.83. The van der Waals surface area contributed by atoms with Crippen molar-refractivity contribution in [2.75, 3.05) is 6.61 Å². The van der Waals surface area contributed by atoms with Gasteiger partial charge in [-0.3, -0.25) is 4.79 Å². The Morgan fingerprint density at radius 1 is 0.963 bits per heavy atom. The largest absolute Gasteiger partial charge is 0.453 e. The van der Waals surface area contributed by atoms with Crippen LogP contribution in [0.15, 0.2) is 66.7 Å². The van der Waals surface area contributed by atoms with Gasteiger partial charge in [0, 0.05) is 15.8 Å². The smallest absolute Gasteiger partial charge is 0.348 e. The summed E-state index contributed by atoms with van der Waals surface area (Å²) in [6.07, 6.45) is 0. The molecule has 0 radical (unpaired) electrons. The standard InChI is InChI=1S/C22H17NO3S/c1-14-11-12-19(27-14)22(25)26-13-18(24)20-16-9-5-6-10-17(16)23-21(20)15-7-3-2-4-8-15/h2-12,23H,13H2,1H3. The Labute approximate surface area is 160 Å². The van der Waals surface area contributed by atoms with E-state index in [1.54, 1.807) is 6.07 Å². The molecule has 134 valence electrons. The molecule has 5 heteroatoms. The third-order valence-electron chi connectivity index (χ3n) is 4.32. The maximum atomic E-state index is 13.0. The predicted octanol–water partition coefficient (Wildman–Crippen LogP) is 5.24. The van der Waals surface area contributed by atoms with E-state index in [1.165, 1.54) is 11.3 Å². The highest BCUT2D eigenvalue weighted by Crippen LogP contribution is 2.30. The lowest BCUT2D eigenvalue weighted by atomic mass is 10.0. The molecule has 0 unspecified atom stereocenters. The van der Waals surface area contributed by atoms with Crippen molar-refractivity contribution in [1.82, 2.24) is 4.98 Å². The van der Waals surface area contributed by atoms with E-state index in [-0.39, 0.29) is 12.4 Å². The molecule has 0 spiro atoms. The van der Waals surface area contributed by atoms with Crippen LogP contribution in [0.4, 0.5) is 0 Å². The maximum absolute atomic E-state index is 13.0. The van der Waals surface area contributed by atoms with Gasteiger partial charge in [0.1, 0.15) is 4.88 Å². The van der Waals surface area contributed by atoms with E-state index in [1.807, 2.05) is 67.6 Å². The molecular weight excluding hydrogens is 358 g/mol. The van der Waals surface area contributed by atoms with Crippen LogP contribution in [0.25, 0.3) is 22.2 Å². The quantitative estimate of drug-likeness (QED) is 0.383. The molecule has 0 atom stereocenters. The Bertz CT molecular complexity index is 1120. The molecule has 0 amide bonds. The number of carbonyl (C=O) groups is 2. The summed E-state index contributed by atoms with van der Waals surface area (Å²) in [5.41, 5.74) is 3.08. The van der Waals surface area contributed by atoms with Gasteiger partial charge in [-0.15, -0.1) is 11.3 Å². The summed E-state index contributed by atoms with van der Waals surface area (Å²) in [5.74, 6) is -0.699. The van der Waals surface area contributed by atoms with Crippen LogP contribution < -0.4 is 0 Å². The molecular formula is C22H17NO3S. The molecule has 0 aliphatic rings. The number of aryl methyl sites for hydroxylation is 1. The lowest BCUT2D eigenvalue weighted by Gasteiger charge is -2.06. The number of Topliss-reactive ketones (excluding diaryl/α,β-unsaturated/α-hetero) is 1. The van der Waals surface area contributed by atoms with Crippen LogP contribution in [0.1, 0.15) is 24.9 Å². The van der Waals surface area contributed by atoms with Gasteiger partial charge < -0.3 is 9.72 Å². The number of aromatic nitrogens is 1. The van der Waals surface area contributed by atoms with E-state index < -0.39 is 5.97 Å². The fourth-order valence-electron chi connectivity index (χ4n) is 3.07. The number of hydrogen-bond donors (Lipinski definition) is 1. The molecule has 0 bridgehead atoms. The number of ketones is 1. The van der Waals surface area contributed by atoms with E-state index in [0.29, 0.717) is 10.4 Å². The molecule has 0 saturated heterocycles. The SMILES string of the molecule is Cc1ccc(C(=O)OCC(=O)c2c(-c3ccccc3)[nH]c3ccccc23)s1. The van der Waals surface area contributed by atoms with Gasteiger partial charge in [-0.25, -0.2) is 4.79 Å². The molecule has 1 N–H and O–H groups in total. The first-order valence-electron chi connectivity index (χ1n) is 8.56. The van der Waals surface area contributed by atoms with Crippen molar-refractivity contribution in [2.45, 2.75) is 6.92 Å². The monoisotopic (exact) mass is 375 g/mol. The second-order valence-electron chi connectivity index (χ2n) is 6.20. The second-order valence-corrected chi connectivity index (χ2v) is 7.48. The second kappa shape index (κ2) is 7.21. The highest BCUT2D eigenvalue weighted by atomic mass is 32.1. The van der Waals surface area contributed by atoms with Gasteiger partial charge in [-0.1, -0.05) is 48.5 Å². The first kappa shape index (κ1) is 17.2. The van der Waals surface area contributed by atoms with Crippen LogP contribution in [0, 0.1) is 6.92 Å². The van der Waals surface area contributed by atoms with E-state index >= 15 is 0 Å². The first-order chi connectivity index (χ1) is 13.1. The minimum Gasteiger partial charge on any atom is -0.453 e. The predicted molar refractivity (Wildman–Crippen MR) is 107 cm³/mol. The molecule has 4 nitrogen and oxygen atoms in total. The molecule has 2 aromatic heterocycles. The summed E-state index contributed by atoms with van der Waals surface area (Å²) in [6, 6.07) is 20.9. The average molecular weight is 375 g/mol. The molecule has 4 aromatic rings. The molecule has 4 rings (SSSR count). The number of aromatic amines is 1. The Morgan fingerprint density at radius 3 is 2.44 bits per heavy atom. The van der Waals surface area contributed by atoms with Crippen LogP contribution >= 0.6 is 11.3 Å². The number of ether oxygens (including phenoxy) is 1. The van der Waals surface area contributed by atoms with Crippen molar-refractivity contribution in [3.63, 3.8) is 0 Å². The average Bonchev–Trinajstić information content (AvgIpc) is 3.30. The van der Waals surface area contributed by atoms with Gasteiger partial charge in [0.2, 0.25) is 5.78 Å². The van der Waals surface area contributed by atoms with Crippen molar-refractivity contribution < 1.29 is 14.3 Å². The Hall–Kier alpha value is -3.18. The third kappa shape index (κ3) is 3.41. The summed E-state index contributed by atoms with van der Waals surface area (Å²) < 4.78 is 5.27. The summed E-state index contributed by atoms with van der Waals surface area (Å²) >= 11 is 1.36. The van der Waals surface area contributed by atoms with Gasteiger partial charge in [-0.05, 0) is 30.7 Å². The lowest BCUT2D eigenvalue weighted by Crippen LogP contribution is -2.14. The number of carbonyl (C=O) groups excluding carboxylic acids is 2. The van der Waals surface area contributed by atoms with Gasteiger partial charge in [0.15, 0.2) is 6.61 Å². The van der Waals surface area contributed by atoms with E-state index in [0.717, 1.165) is 27.0 Å². The maximum Gasteiger partial charge on any atom is 0.348 e. The normalized spacial score (nSPS) is 10.9. The summed E-state index contributed by atoms with van der Waals surface area (Å²) in [5, 5.41) is 0.823. The van der Waals surface area contributed by atoms with E-state index in [9.17, 15) is 9.59 Å². The number of hydrogen-bond acceptors (Lipinski definition) is 4. The molecule has 2 aromatic carbocycles. The van der Waals surface area contributed by atoms with Gasteiger partial charge in [-0.2, -0.15) is 0 Å². The fraction of sp³-hybridized carbons (Fsp3) is 0.0909. The van der Waals surface area contributed by atoms with Crippen LogP contribution in [0.3, 0.4) is 0 Å². The molecule has 0 aliphatic carbocycles. The third-order valence-corrected chi connectivity index (χ3v) is 5.30. The lowest BCUT2D eigenvalue weighted by molar-refractivity contribution is 0.0480. The summed E-state index contributed by atoms with van der Waals surface area (Å²) in [7, 11) is 0. The number of nitrogens with one attached hydrogen (secondary N) is 1. The van der Waals surface area contributed by atoms with Crippen LogP contribution in [0.2, 0.25) is 0 Å².